The summed E-state index contributed by atoms with van der Waals surface area (Å²) in [5.41, 5.74) is 0.730. The minimum Gasteiger partial charge on any atom is -0.462 e. The maximum absolute atomic E-state index is 12.0. The van der Waals surface area contributed by atoms with Crippen LogP contribution < -0.4 is 0 Å². The Hall–Kier alpha value is -1.84. The lowest BCUT2D eigenvalue weighted by molar-refractivity contribution is 0.0238. The van der Waals surface area contributed by atoms with Crippen LogP contribution in [0.25, 0.3) is 0 Å². The Morgan fingerprint density at radius 3 is 2.25 bits per heavy atom. The summed E-state index contributed by atoms with van der Waals surface area (Å²) in [5, 5.41) is 0. The second-order valence-electron chi connectivity index (χ2n) is 5.07. The highest BCUT2D eigenvalue weighted by molar-refractivity contribution is 5.95. The third-order valence-corrected chi connectivity index (χ3v) is 3.00. The van der Waals surface area contributed by atoms with Crippen molar-refractivity contribution in [3.05, 3.63) is 35.4 Å². The Morgan fingerprint density at radius 1 is 1.10 bits per heavy atom. The summed E-state index contributed by atoms with van der Waals surface area (Å²) < 4.78 is 10.4. The highest BCUT2D eigenvalue weighted by atomic mass is 16.5. The molecule has 1 unspecified atom stereocenters. The van der Waals surface area contributed by atoms with E-state index < -0.39 is 11.9 Å². The van der Waals surface area contributed by atoms with E-state index in [4.69, 9.17) is 9.47 Å². The van der Waals surface area contributed by atoms with E-state index in [1.165, 1.54) is 6.07 Å². The molecule has 1 aromatic rings. The molecule has 0 fully saturated rings. The number of ether oxygens (including phenoxy) is 2. The minimum atomic E-state index is -0.420. The van der Waals surface area contributed by atoms with E-state index in [-0.39, 0.29) is 12.0 Å². The first-order valence-electron chi connectivity index (χ1n) is 6.93. The van der Waals surface area contributed by atoms with Crippen LogP contribution in [-0.2, 0) is 9.47 Å². The molecule has 1 rings (SSSR count). The van der Waals surface area contributed by atoms with Gasteiger partial charge in [-0.3, -0.25) is 0 Å². The van der Waals surface area contributed by atoms with Gasteiger partial charge in [0.1, 0.15) is 6.10 Å². The van der Waals surface area contributed by atoms with Gasteiger partial charge < -0.3 is 9.47 Å². The quantitative estimate of drug-likeness (QED) is 0.748. The van der Waals surface area contributed by atoms with Crippen molar-refractivity contribution in [1.29, 1.82) is 0 Å². The number of benzene rings is 1. The highest BCUT2D eigenvalue weighted by Gasteiger charge is 2.16. The number of carbonyl (C=O) groups excluding carboxylic acids is 2. The molecule has 0 bridgehead atoms. The van der Waals surface area contributed by atoms with Gasteiger partial charge in [-0.1, -0.05) is 26.8 Å². The molecular formula is C16H22O4. The normalized spacial score (nSPS) is 12.1. The maximum atomic E-state index is 12.0. The van der Waals surface area contributed by atoms with E-state index in [0.29, 0.717) is 17.7 Å². The van der Waals surface area contributed by atoms with Crippen molar-refractivity contribution in [3.8, 4) is 0 Å². The van der Waals surface area contributed by atoms with Gasteiger partial charge in [-0.25, -0.2) is 9.59 Å². The van der Waals surface area contributed by atoms with Crippen molar-refractivity contribution < 1.29 is 19.1 Å². The van der Waals surface area contributed by atoms with Crippen LogP contribution in [0.5, 0.6) is 0 Å². The predicted molar refractivity (Wildman–Crippen MR) is 76.7 cm³/mol. The number of hydrogen-bond donors (Lipinski definition) is 0. The summed E-state index contributed by atoms with van der Waals surface area (Å²) in [7, 11) is 0. The van der Waals surface area contributed by atoms with Crippen LogP contribution in [0.3, 0.4) is 0 Å². The molecule has 0 spiro atoms. The van der Waals surface area contributed by atoms with Gasteiger partial charge in [-0.2, -0.15) is 0 Å². The van der Waals surface area contributed by atoms with Gasteiger partial charge in [0.05, 0.1) is 17.7 Å². The summed E-state index contributed by atoms with van der Waals surface area (Å²) in [5.74, 6) is -0.591. The second kappa shape index (κ2) is 7.68. The van der Waals surface area contributed by atoms with Gasteiger partial charge >= 0.3 is 11.9 Å². The van der Waals surface area contributed by atoms with Gasteiger partial charge in [-0.15, -0.1) is 0 Å². The average Bonchev–Trinajstić information content (AvgIpc) is 2.44. The summed E-state index contributed by atoms with van der Waals surface area (Å²) in [6, 6.07) is 6.42. The molecule has 0 saturated carbocycles. The van der Waals surface area contributed by atoms with E-state index in [0.717, 1.165) is 6.42 Å². The molecule has 110 valence electrons. The van der Waals surface area contributed by atoms with E-state index in [1.807, 2.05) is 27.7 Å². The lowest BCUT2D eigenvalue weighted by atomic mass is 10.1. The molecule has 0 N–H and O–H groups in total. The van der Waals surface area contributed by atoms with Gasteiger partial charge in [0, 0.05) is 0 Å². The SMILES string of the molecule is CCCOC(=O)c1cccc(C(=O)OC(C)C(C)C)c1. The number of esters is 2. The van der Waals surface area contributed by atoms with Gasteiger partial charge in [-0.05, 0) is 37.5 Å². The molecule has 0 aliphatic carbocycles. The molecule has 4 heteroatoms. The van der Waals surface area contributed by atoms with Crippen molar-refractivity contribution in [3.63, 3.8) is 0 Å². The zero-order valence-corrected chi connectivity index (χ0v) is 12.5. The van der Waals surface area contributed by atoms with E-state index in [2.05, 4.69) is 0 Å². The zero-order chi connectivity index (χ0) is 15.1. The molecule has 20 heavy (non-hydrogen) atoms. The first-order chi connectivity index (χ1) is 9.45. The van der Waals surface area contributed by atoms with Gasteiger partial charge in [0.25, 0.3) is 0 Å². The summed E-state index contributed by atoms with van der Waals surface area (Å²) in [6.07, 6.45) is 0.595. The van der Waals surface area contributed by atoms with Crippen molar-refractivity contribution in [1.82, 2.24) is 0 Å². The molecule has 0 aliphatic heterocycles. The van der Waals surface area contributed by atoms with Crippen LogP contribution in [0.15, 0.2) is 24.3 Å². The second-order valence-corrected chi connectivity index (χ2v) is 5.07. The fourth-order valence-corrected chi connectivity index (χ4v) is 1.42. The van der Waals surface area contributed by atoms with Crippen molar-refractivity contribution in [2.75, 3.05) is 6.61 Å². The molecule has 1 aromatic carbocycles. The Labute approximate surface area is 120 Å². The van der Waals surface area contributed by atoms with Crippen LogP contribution in [0.1, 0.15) is 54.8 Å². The molecule has 0 saturated heterocycles. The van der Waals surface area contributed by atoms with Crippen molar-refractivity contribution >= 4 is 11.9 Å². The fourth-order valence-electron chi connectivity index (χ4n) is 1.42. The molecule has 4 nitrogen and oxygen atoms in total. The third-order valence-electron chi connectivity index (χ3n) is 3.00. The number of hydrogen-bond acceptors (Lipinski definition) is 4. The van der Waals surface area contributed by atoms with E-state index in [1.54, 1.807) is 18.2 Å². The molecular weight excluding hydrogens is 256 g/mol. The Balaban J connectivity index is 2.77. The monoisotopic (exact) mass is 278 g/mol. The Kier molecular flexibility index (Phi) is 6.22. The van der Waals surface area contributed by atoms with Gasteiger partial charge in [0.15, 0.2) is 0 Å². The van der Waals surface area contributed by atoms with Crippen LogP contribution in [0.2, 0.25) is 0 Å². The maximum Gasteiger partial charge on any atom is 0.338 e. The first kappa shape index (κ1) is 16.2. The standard InChI is InChI=1S/C16H22O4/c1-5-9-19-15(17)13-7-6-8-14(10-13)16(18)20-12(4)11(2)3/h6-8,10-12H,5,9H2,1-4H3. The van der Waals surface area contributed by atoms with Crippen molar-refractivity contribution in [2.45, 2.75) is 40.2 Å². The molecule has 0 amide bonds. The Bertz CT molecular complexity index is 465. The van der Waals surface area contributed by atoms with Crippen LogP contribution in [-0.4, -0.2) is 24.6 Å². The summed E-state index contributed by atoms with van der Waals surface area (Å²) >= 11 is 0. The lowest BCUT2D eigenvalue weighted by Gasteiger charge is -2.16. The fraction of sp³-hybridized carbons (Fsp3) is 0.500. The molecule has 0 radical (unpaired) electrons. The lowest BCUT2D eigenvalue weighted by Crippen LogP contribution is -2.20. The molecule has 1 atom stereocenters. The summed E-state index contributed by atoms with van der Waals surface area (Å²) in [6.45, 7) is 8.11. The van der Waals surface area contributed by atoms with E-state index >= 15 is 0 Å². The zero-order valence-electron chi connectivity index (χ0n) is 12.5. The summed E-state index contributed by atoms with van der Waals surface area (Å²) in [4.78, 5) is 23.7. The number of carbonyl (C=O) groups is 2. The van der Waals surface area contributed by atoms with Crippen LogP contribution in [0, 0.1) is 5.92 Å². The number of rotatable bonds is 6. The van der Waals surface area contributed by atoms with E-state index in [9.17, 15) is 9.59 Å². The molecule has 0 aromatic heterocycles. The topological polar surface area (TPSA) is 52.6 Å². The highest BCUT2D eigenvalue weighted by Crippen LogP contribution is 2.12. The third kappa shape index (κ3) is 4.68. The van der Waals surface area contributed by atoms with Crippen molar-refractivity contribution in [2.24, 2.45) is 5.92 Å². The molecule has 0 aliphatic rings. The Morgan fingerprint density at radius 2 is 1.70 bits per heavy atom. The predicted octanol–water partition coefficient (Wildman–Crippen LogP) is 3.45. The molecule has 0 heterocycles. The van der Waals surface area contributed by atoms with Crippen LogP contribution >= 0.6 is 0 Å². The smallest absolute Gasteiger partial charge is 0.338 e. The largest absolute Gasteiger partial charge is 0.462 e. The van der Waals surface area contributed by atoms with Crippen LogP contribution in [0.4, 0.5) is 0 Å². The average molecular weight is 278 g/mol. The first-order valence-corrected chi connectivity index (χ1v) is 6.93. The minimum absolute atomic E-state index is 0.168. The van der Waals surface area contributed by atoms with Gasteiger partial charge in [0.2, 0.25) is 0 Å².